The van der Waals surface area contributed by atoms with Crippen LogP contribution in [0.5, 0.6) is 11.5 Å². The molecule has 0 amide bonds. The molecular weight excluding hydrogens is 272 g/mol. The molecule has 0 aliphatic heterocycles. The van der Waals surface area contributed by atoms with Gasteiger partial charge in [-0.2, -0.15) is 5.10 Å². The van der Waals surface area contributed by atoms with Crippen LogP contribution in [0.2, 0.25) is 0 Å². The van der Waals surface area contributed by atoms with Crippen molar-refractivity contribution in [2.45, 2.75) is 18.8 Å². The molecule has 0 atom stereocenters. The summed E-state index contributed by atoms with van der Waals surface area (Å²) in [5.74, 6) is 2.36. The topological polar surface area (TPSA) is 27.1 Å². The lowest BCUT2D eigenvalue weighted by atomic mass is 10.0. The third kappa shape index (κ3) is 2.62. The molecule has 0 bridgehead atoms. The molecule has 1 aromatic heterocycles. The fourth-order valence-corrected chi connectivity index (χ4v) is 2.71. The van der Waals surface area contributed by atoms with Gasteiger partial charge in [-0.1, -0.05) is 30.3 Å². The lowest BCUT2D eigenvalue weighted by Gasteiger charge is -2.07. The zero-order valence-corrected chi connectivity index (χ0v) is 12.6. The van der Waals surface area contributed by atoms with E-state index in [2.05, 4.69) is 23.4 Å². The van der Waals surface area contributed by atoms with E-state index in [0.717, 1.165) is 11.5 Å². The number of hydrogen-bond donors (Lipinski definition) is 0. The quantitative estimate of drug-likeness (QED) is 0.693. The highest BCUT2D eigenvalue weighted by Crippen LogP contribution is 2.43. The van der Waals surface area contributed by atoms with Gasteiger partial charge in [0.2, 0.25) is 0 Å². The molecule has 0 saturated heterocycles. The molecule has 1 fully saturated rings. The number of benzene rings is 2. The molecule has 1 heterocycles. The number of aromatic nitrogens is 2. The zero-order valence-electron chi connectivity index (χ0n) is 12.6. The molecule has 3 aromatic rings. The Labute approximate surface area is 130 Å². The predicted octanol–water partition coefficient (Wildman–Crippen LogP) is 4.76. The smallest absolute Gasteiger partial charge is 0.127 e. The van der Waals surface area contributed by atoms with Crippen molar-refractivity contribution < 1.29 is 4.74 Å². The summed E-state index contributed by atoms with van der Waals surface area (Å²) in [6, 6.07) is 18.1. The molecule has 0 radical (unpaired) electrons. The van der Waals surface area contributed by atoms with Crippen molar-refractivity contribution in [1.82, 2.24) is 9.78 Å². The fourth-order valence-electron chi connectivity index (χ4n) is 2.71. The number of ether oxygens (including phenoxy) is 1. The van der Waals surface area contributed by atoms with Gasteiger partial charge in [-0.15, -0.1) is 0 Å². The van der Waals surface area contributed by atoms with E-state index >= 15 is 0 Å². The van der Waals surface area contributed by atoms with Gasteiger partial charge in [-0.25, -0.2) is 0 Å². The minimum Gasteiger partial charge on any atom is -0.457 e. The van der Waals surface area contributed by atoms with Crippen molar-refractivity contribution >= 4 is 0 Å². The van der Waals surface area contributed by atoms with Gasteiger partial charge in [0.15, 0.2) is 0 Å². The van der Waals surface area contributed by atoms with E-state index in [9.17, 15) is 0 Å². The van der Waals surface area contributed by atoms with Gasteiger partial charge in [-0.3, -0.25) is 4.68 Å². The average Bonchev–Trinajstić information content (AvgIpc) is 3.32. The normalized spacial score (nSPS) is 14.0. The van der Waals surface area contributed by atoms with Gasteiger partial charge in [0.25, 0.3) is 0 Å². The van der Waals surface area contributed by atoms with E-state index in [1.807, 2.05) is 54.2 Å². The number of rotatable bonds is 4. The molecule has 0 spiro atoms. The van der Waals surface area contributed by atoms with Crippen molar-refractivity contribution in [3.05, 3.63) is 66.5 Å². The molecule has 3 heteroatoms. The first-order valence-electron chi connectivity index (χ1n) is 7.66. The van der Waals surface area contributed by atoms with Crippen LogP contribution in [0, 0.1) is 0 Å². The summed E-state index contributed by atoms with van der Waals surface area (Å²) in [6.07, 6.45) is 4.64. The molecule has 0 N–H and O–H groups in total. The number of hydrogen-bond acceptors (Lipinski definition) is 2. The Morgan fingerprint density at radius 3 is 2.32 bits per heavy atom. The maximum Gasteiger partial charge on any atom is 0.127 e. The molecule has 0 unspecified atom stereocenters. The lowest BCUT2D eigenvalue weighted by molar-refractivity contribution is 0.483. The standard InChI is InChI=1S/C19H18N2O/c1-21-13-18(19(20-21)15-7-8-15)14-9-11-17(12-10-14)22-16-5-3-2-4-6-16/h2-6,9-13,15H,7-8H2,1H3. The van der Waals surface area contributed by atoms with Crippen LogP contribution in [0.15, 0.2) is 60.8 Å². The number of aryl methyl sites for hydroxylation is 1. The van der Waals surface area contributed by atoms with Gasteiger partial charge in [0.05, 0.1) is 5.69 Å². The van der Waals surface area contributed by atoms with E-state index in [1.165, 1.54) is 29.7 Å². The number of para-hydroxylation sites is 1. The second-order valence-corrected chi connectivity index (χ2v) is 5.82. The van der Waals surface area contributed by atoms with Crippen molar-refractivity contribution in [2.24, 2.45) is 7.05 Å². The molecule has 2 aromatic carbocycles. The Balaban J connectivity index is 1.59. The van der Waals surface area contributed by atoms with Crippen molar-refractivity contribution in [2.75, 3.05) is 0 Å². The molecule has 3 nitrogen and oxygen atoms in total. The predicted molar refractivity (Wildman–Crippen MR) is 87.1 cm³/mol. The Morgan fingerprint density at radius 1 is 0.955 bits per heavy atom. The zero-order chi connectivity index (χ0) is 14.9. The highest BCUT2D eigenvalue weighted by molar-refractivity contribution is 5.67. The van der Waals surface area contributed by atoms with Gasteiger partial charge in [0, 0.05) is 24.7 Å². The van der Waals surface area contributed by atoms with Gasteiger partial charge < -0.3 is 4.74 Å². The molecule has 1 saturated carbocycles. The van der Waals surface area contributed by atoms with Gasteiger partial charge in [0.1, 0.15) is 11.5 Å². The second kappa shape index (κ2) is 5.34. The summed E-state index contributed by atoms with van der Waals surface area (Å²) in [7, 11) is 1.99. The van der Waals surface area contributed by atoms with Gasteiger partial charge >= 0.3 is 0 Å². The number of nitrogens with zero attached hydrogens (tertiary/aromatic N) is 2. The van der Waals surface area contributed by atoms with E-state index in [4.69, 9.17) is 4.74 Å². The minimum absolute atomic E-state index is 0.649. The van der Waals surface area contributed by atoms with Crippen LogP contribution in [0.1, 0.15) is 24.5 Å². The first kappa shape index (κ1) is 13.1. The maximum atomic E-state index is 5.84. The molecule has 1 aliphatic carbocycles. The van der Waals surface area contributed by atoms with Crippen LogP contribution in [0.25, 0.3) is 11.1 Å². The third-order valence-corrected chi connectivity index (χ3v) is 3.97. The first-order valence-corrected chi connectivity index (χ1v) is 7.66. The fraction of sp³-hybridized carbons (Fsp3) is 0.211. The summed E-state index contributed by atoms with van der Waals surface area (Å²) < 4.78 is 7.76. The molecule has 1 aliphatic rings. The Morgan fingerprint density at radius 2 is 1.64 bits per heavy atom. The second-order valence-electron chi connectivity index (χ2n) is 5.82. The largest absolute Gasteiger partial charge is 0.457 e. The van der Waals surface area contributed by atoms with Gasteiger partial charge in [-0.05, 0) is 42.7 Å². The van der Waals surface area contributed by atoms with Crippen molar-refractivity contribution in [3.63, 3.8) is 0 Å². The first-order chi connectivity index (χ1) is 10.8. The Hall–Kier alpha value is -2.55. The maximum absolute atomic E-state index is 5.84. The van der Waals surface area contributed by atoms with Crippen molar-refractivity contribution in [1.29, 1.82) is 0 Å². The van der Waals surface area contributed by atoms with Crippen LogP contribution in [-0.4, -0.2) is 9.78 Å². The Bertz CT molecular complexity index is 771. The van der Waals surface area contributed by atoms with E-state index in [0.29, 0.717) is 5.92 Å². The van der Waals surface area contributed by atoms with E-state index in [1.54, 1.807) is 0 Å². The average molecular weight is 290 g/mol. The monoisotopic (exact) mass is 290 g/mol. The molecular formula is C19H18N2O. The molecule has 4 rings (SSSR count). The molecule has 110 valence electrons. The van der Waals surface area contributed by atoms with Crippen molar-refractivity contribution in [3.8, 4) is 22.6 Å². The van der Waals surface area contributed by atoms with Crippen LogP contribution in [-0.2, 0) is 7.05 Å². The SMILES string of the molecule is Cn1cc(-c2ccc(Oc3ccccc3)cc2)c(C2CC2)n1. The van der Waals surface area contributed by atoms with Crippen LogP contribution in [0.3, 0.4) is 0 Å². The summed E-state index contributed by atoms with van der Waals surface area (Å²) in [6.45, 7) is 0. The minimum atomic E-state index is 0.649. The summed E-state index contributed by atoms with van der Waals surface area (Å²) in [5.41, 5.74) is 3.69. The lowest BCUT2D eigenvalue weighted by Crippen LogP contribution is -1.89. The third-order valence-electron chi connectivity index (χ3n) is 3.97. The summed E-state index contributed by atoms with van der Waals surface area (Å²) in [5, 5.41) is 4.62. The van der Waals surface area contributed by atoms with E-state index in [-0.39, 0.29) is 0 Å². The highest BCUT2D eigenvalue weighted by atomic mass is 16.5. The highest BCUT2D eigenvalue weighted by Gasteiger charge is 2.29. The van der Waals surface area contributed by atoms with E-state index < -0.39 is 0 Å². The van der Waals surface area contributed by atoms with Crippen LogP contribution < -0.4 is 4.74 Å². The molecule has 22 heavy (non-hydrogen) atoms. The summed E-state index contributed by atoms with van der Waals surface area (Å²) >= 11 is 0. The van der Waals surface area contributed by atoms with Crippen LogP contribution in [0.4, 0.5) is 0 Å². The van der Waals surface area contributed by atoms with Crippen LogP contribution >= 0.6 is 0 Å². The Kier molecular flexibility index (Phi) is 3.19. The summed E-state index contributed by atoms with van der Waals surface area (Å²) in [4.78, 5) is 0.